The Balaban J connectivity index is 1.77. The van der Waals surface area contributed by atoms with Gasteiger partial charge < -0.3 is 14.9 Å². The van der Waals surface area contributed by atoms with Crippen molar-refractivity contribution in [2.75, 3.05) is 51.2 Å². The first kappa shape index (κ1) is 20.0. The van der Waals surface area contributed by atoms with E-state index < -0.39 is 5.97 Å². The van der Waals surface area contributed by atoms with Gasteiger partial charge in [-0.2, -0.15) is 0 Å². The number of hydrogen-bond acceptors (Lipinski definition) is 6. The second-order valence-corrected chi connectivity index (χ2v) is 8.14. The Morgan fingerprint density at radius 3 is 2.48 bits per heavy atom. The van der Waals surface area contributed by atoms with Crippen LogP contribution in [0.5, 0.6) is 0 Å². The molecule has 1 aromatic rings. The minimum absolute atomic E-state index is 0.240. The maximum absolute atomic E-state index is 11.2. The number of piperazine rings is 1. The summed E-state index contributed by atoms with van der Waals surface area (Å²) in [6.45, 7) is 12.2. The maximum atomic E-state index is 11.2. The zero-order valence-electron chi connectivity index (χ0n) is 17.1. The normalized spacial score (nSPS) is 25.0. The smallest absolute Gasteiger partial charge is 0.303 e. The number of nitrogens with zero attached hydrogens (tertiary/aromatic N) is 5. The van der Waals surface area contributed by atoms with Crippen molar-refractivity contribution in [2.45, 2.75) is 46.1 Å². The van der Waals surface area contributed by atoms with Crippen molar-refractivity contribution in [3.05, 3.63) is 17.1 Å². The van der Waals surface area contributed by atoms with E-state index in [1.807, 2.05) is 13.8 Å². The molecule has 2 aliphatic heterocycles. The topological polar surface area (TPSA) is 72.8 Å². The van der Waals surface area contributed by atoms with Crippen LogP contribution in [0.15, 0.2) is 0 Å². The maximum Gasteiger partial charge on any atom is 0.303 e. The molecule has 3 heterocycles. The molecular formula is C20H33N5O2. The molecule has 7 heteroatoms. The Labute approximate surface area is 162 Å². The fourth-order valence-corrected chi connectivity index (χ4v) is 4.50. The molecular weight excluding hydrogens is 342 g/mol. The number of hydrogen-bond donors (Lipinski definition) is 1. The Hall–Kier alpha value is -1.73. The van der Waals surface area contributed by atoms with Gasteiger partial charge >= 0.3 is 5.97 Å². The molecule has 2 fully saturated rings. The fourth-order valence-electron chi connectivity index (χ4n) is 4.50. The summed E-state index contributed by atoms with van der Waals surface area (Å²) in [5.41, 5.74) is 2.16. The van der Waals surface area contributed by atoms with E-state index >= 15 is 0 Å². The highest BCUT2D eigenvalue weighted by Gasteiger charge is 2.35. The molecule has 0 saturated carbocycles. The Morgan fingerprint density at radius 2 is 1.81 bits per heavy atom. The number of aromatic nitrogens is 2. The number of piperidine rings is 1. The molecule has 0 unspecified atom stereocenters. The van der Waals surface area contributed by atoms with E-state index in [1.54, 1.807) is 0 Å². The van der Waals surface area contributed by atoms with E-state index in [4.69, 9.17) is 4.98 Å². The molecule has 0 bridgehead atoms. The number of rotatable bonds is 5. The van der Waals surface area contributed by atoms with Crippen molar-refractivity contribution < 1.29 is 9.90 Å². The Kier molecular flexibility index (Phi) is 6.32. The van der Waals surface area contributed by atoms with Crippen LogP contribution in [0.25, 0.3) is 0 Å². The molecule has 7 nitrogen and oxygen atoms in total. The van der Waals surface area contributed by atoms with Crippen molar-refractivity contribution in [2.24, 2.45) is 5.92 Å². The molecule has 1 aromatic heterocycles. The number of carboxylic acid groups (broad SMARTS) is 1. The van der Waals surface area contributed by atoms with E-state index in [2.05, 4.69) is 33.7 Å². The summed E-state index contributed by atoms with van der Waals surface area (Å²) < 4.78 is 0. The van der Waals surface area contributed by atoms with Crippen LogP contribution in [0.4, 0.5) is 5.82 Å². The van der Waals surface area contributed by atoms with Gasteiger partial charge in [0.2, 0.25) is 0 Å². The molecule has 150 valence electrons. The lowest BCUT2D eigenvalue weighted by molar-refractivity contribution is -0.137. The highest BCUT2D eigenvalue weighted by molar-refractivity contribution is 5.66. The molecule has 3 rings (SSSR count). The summed E-state index contributed by atoms with van der Waals surface area (Å²) in [6.07, 6.45) is 2.03. The molecule has 0 aliphatic carbocycles. The molecule has 0 spiro atoms. The Bertz CT molecular complexity index is 673. The lowest BCUT2D eigenvalue weighted by Crippen LogP contribution is -2.56. The van der Waals surface area contributed by atoms with Gasteiger partial charge in [-0.15, -0.1) is 0 Å². The van der Waals surface area contributed by atoms with E-state index in [-0.39, 0.29) is 6.42 Å². The standard InChI is InChI=1S/C20H33N5O2/c1-14-15(2)21-16(3)22-20(14)25-8-7-18(17(13-25)5-6-19(26)27)24-11-9-23(4)10-12-24/h17-18H,5-13H2,1-4H3,(H,26,27)/t17-,18+/m1/s1. The lowest BCUT2D eigenvalue weighted by Gasteiger charge is -2.47. The molecule has 0 aromatic carbocycles. The van der Waals surface area contributed by atoms with Crippen LogP contribution in [-0.2, 0) is 4.79 Å². The second kappa shape index (κ2) is 8.52. The van der Waals surface area contributed by atoms with E-state index in [0.717, 1.165) is 75.0 Å². The van der Waals surface area contributed by atoms with Gasteiger partial charge in [-0.05, 0) is 46.6 Å². The van der Waals surface area contributed by atoms with Crippen LogP contribution < -0.4 is 4.90 Å². The van der Waals surface area contributed by atoms with Gasteiger partial charge in [0.15, 0.2) is 0 Å². The number of aliphatic carboxylic acids is 1. The molecule has 27 heavy (non-hydrogen) atoms. The average molecular weight is 376 g/mol. The van der Waals surface area contributed by atoms with Gasteiger partial charge in [0, 0.05) is 63.0 Å². The molecule has 0 amide bonds. The lowest BCUT2D eigenvalue weighted by atomic mass is 9.86. The van der Waals surface area contributed by atoms with Crippen LogP contribution in [0.3, 0.4) is 0 Å². The molecule has 2 atom stereocenters. The van der Waals surface area contributed by atoms with Gasteiger partial charge in [0.05, 0.1) is 0 Å². The second-order valence-electron chi connectivity index (χ2n) is 8.14. The first-order valence-corrected chi connectivity index (χ1v) is 10.1. The third-order valence-electron chi connectivity index (χ3n) is 6.20. The van der Waals surface area contributed by atoms with Crippen LogP contribution in [-0.4, -0.2) is 83.2 Å². The number of carboxylic acids is 1. The van der Waals surface area contributed by atoms with Crippen molar-refractivity contribution in [1.29, 1.82) is 0 Å². The van der Waals surface area contributed by atoms with Crippen molar-refractivity contribution in [3.63, 3.8) is 0 Å². The number of anilines is 1. The number of likely N-dealkylation sites (N-methyl/N-ethyl adjacent to an activating group) is 1. The van der Waals surface area contributed by atoms with Gasteiger partial charge in [-0.25, -0.2) is 9.97 Å². The van der Waals surface area contributed by atoms with Crippen LogP contribution in [0.1, 0.15) is 36.3 Å². The Morgan fingerprint density at radius 1 is 1.11 bits per heavy atom. The first-order chi connectivity index (χ1) is 12.8. The monoisotopic (exact) mass is 375 g/mol. The predicted octanol–water partition coefficient (Wildman–Crippen LogP) is 1.71. The first-order valence-electron chi connectivity index (χ1n) is 10.1. The third kappa shape index (κ3) is 4.76. The minimum Gasteiger partial charge on any atom is -0.481 e. The fraction of sp³-hybridized carbons (Fsp3) is 0.750. The highest BCUT2D eigenvalue weighted by Crippen LogP contribution is 2.31. The summed E-state index contributed by atoms with van der Waals surface area (Å²) in [4.78, 5) is 27.7. The highest BCUT2D eigenvalue weighted by atomic mass is 16.4. The van der Waals surface area contributed by atoms with Gasteiger partial charge in [-0.3, -0.25) is 9.69 Å². The zero-order valence-corrected chi connectivity index (χ0v) is 17.1. The quantitative estimate of drug-likeness (QED) is 0.840. The summed E-state index contributed by atoms with van der Waals surface area (Å²) >= 11 is 0. The van der Waals surface area contributed by atoms with Crippen LogP contribution >= 0.6 is 0 Å². The molecule has 1 N–H and O–H groups in total. The zero-order chi connectivity index (χ0) is 19.6. The van der Waals surface area contributed by atoms with E-state index in [0.29, 0.717) is 12.0 Å². The average Bonchev–Trinajstić information content (AvgIpc) is 2.63. The van der Waals surface area contributed by atoms with Crippen LogP contribution in [0, 0.1) is 26.7 Å². The SMILES string of the molecule is Cc1nc(C)c(C)c(N2CC[C@H](N3CCN(C)CC3)[C@H](CCC(=O)O)C2)n1. The summed E-state index contributed by atoms with van der Waals surface area (Å²) in [5.74, 6) is 1.48. The van der Waals surface area contributed by atoms with Gasteiger partial charge in [0.1, 0.15) is 11.6 Å². The predicted molar refractivity (Wildman–Crippen MR) is 106 cm³/mol. The van der Waals surface area contributed by atoms with Crippen molar-refractivity contribution >= 4 is 11.8 Å². The van der Waals surface area contributed by atoms with Gasteiger partial charge in [0.25, 0.3) is 0 Å². The van der Waals surface area contributed by atoms with E-state index in [9.17, 15) is 9.90 Å². The summed E-state index contributed by atoms with van der Waals surface area (Å²) in [7, 11) is 2.17. The molecule has 2 saturated heterocycles. The summed E-state index contributed by atoms with van der Waals surface area (Å²) in [5, 5.41) is 9.22. The largest absolute Gasteiger partial charge is 0.481 e. The van der Waals surface area contributed by atoms with Crippen LogP contribution in [0.2, 0.25) is 0 Å². The molecule has 2 aliphatic rings. The number of carbonyl (C=O) groups is 1. The molecule has 0 radical (unpaired) electrons. The van der Waals surface area contributed by atoms with Gasteiger partial charge in [-0.1, -0.05) is 0 Å². The third-order valence-corrected chi connectivity index (χ3v) is 6.20. The van der Waals surface area contributed by atoms with E-state index in [1.165, 1.54) is 0 Å². The summed E-state index contributed by atoms with van der Waals surface area (Å²) in [6, 6.07) is 0.471. The van der Waals surface area contributed by atoms with Crippen molar-refractivity contribution in [3.8, 4) is 0 Å². The van der Waals surface area contributed by atoms with Crippen molar-refractivity contribution in [1.82, 2.24) is 19.8 Å². The minimum atomic E-state index is -0.700. The number of aryl methyl sites for hydroxylation is 2.